The molecule has 0 aromatic heterocycles. The van der Waals surface area contributed by atoms with Gasteiger partial charge in [-0.3, -0.25) is 9.36 Å². The highest BCUT2D eigenvalue weighted by molar-refractivity contribution is 7.45. The number of carbonyl (C=O) groups is 1. The maximum absolute atomic E-state index is 12.8. The van der Waals surface area contributed by atoms with E-state index in [9.17, 15) is 24.5 Å². The van der Waals surface area contributed by atoms with Gasteiger partial charge in [0.1, 0.15) is 13.2 Å². The van der Waals surface area contributed by atoms with Crippen LogP contribution in [0.3, 0.4) is 0 Å². The molecule has 4 atom stereocenters. The van der Waals surface area contributed by atoms with Crippen LogP contribution in [0.5, 0.6) is 0 Å². The number of phosphoric acid groups is 1. The van der Waals surface area contributed by atoms with E-state index in [0.29, 0.717) is 23.9 Å². The lowest BCUT2D eigenvalue weighted by Gasteiger charge is -2.29. The Bertz CT molecular complexity index is 1130. The first kappa shape index (κ1) is 51.9. The average molecular weight is 779 g/mol. The lowest BCUT2D eigenvalue weighted by molar-refractivity contribution is -0.870. The van der Waals surface area contributed by atoms with E-state index in [2.05, 4.69) is 36.5 Å². The molecule has 0 aromatic carbocycles. The zero-order valence-electron chi connectivity index (χ0n) is 34.8. The smallest absolute Gasteiger partial charge is 0.268 e. The topological polar surface area (TPSA) is 128 Å². The zero-order valence-corrected chi connectivity index (χ0v) is 35.6. The van der Waals surface area contributed by atoms with E-state index >= 15 is 0 Å². The normalized spacial score (nSPS) is 15.8. The molecular formula is C44H79N2O7P. The van der Waals surface area contributed by atoms with Crippen LogP contribution in [0, 0.1) is 0 Å². The predicted octanol–water partition coefficient (Wildman–Crippen LogP) is 9.58. The number of unbranched alkanes of at least 4 members (excludes halogenated alkanes) is 13. The van der Waals surface area contributed by atoms with Crippen LogP contribution >= 0.6 is 7.82 Å². The van der Waals surface area contributed by atoms with Crippen molar-refractivity contribution < 1.29 is 38.0 Å². The molecular weight excluding hydrogens is 699 g/mol. The van der Waals surface area contributed by atoms with Gasteiger partial charge >= 0.3 is 0 Å². The number of aliphatic hydroxyl groups excluding tert-OH is 2. The Morgan fingerprint density at radius 1 is 0.722 bits per heavy atom. The van der Waals surface area contributed by atoms with Crippen molar-refractivity contribution in [1.82, 2.24) is 5.32 Å². The van der Waals surface area contributed by atoms with Gasteiger partial charge in [-0.2, -0.15) is 0 Å². The molecule has 0 aliphatic rings. The molecule has 0 spiro atoms. The van der Waals surface area contributed by atoms with Crippen LogP contribution in [0.4, 0.5) is 0 Å². The Hall–Kier alpha value is -2.10. The number of allylic oxidation sites excluding steroid dienone is 9. The first-order chi connectivity index (χ1) is 25.9. The van der Waals surface area contributed by atoms with E-state index in [1.807, 2.05) is 70.6 Å². The van der Waals surface area contributed by atoms with Gasteiger partial charge in [-0.15, -0.1) is 0 Å². The van der Waals surface area contributed by atoms with Crippen molar-refractivity contribution in [1.29, 1.82) is 0 Å². The summed E-state index contributed by atoms with van der Waals surface area (Å²) in [5, 5.41) is 23.5. The summed E-state index contributed by atoms with van der Waals surface area (Å²) in [7, 11) is 1.18. The number of aliphatic hydroxyl groups is 2. The van der Waals surface area contributed by atoms with Gasteiger partial charge in [0.2, 0.25) is 5.91 Å². The molecule has 0 aliphatic heterocycles. The summed E-state index contributed by atoms with van der Waals surface area (Å²) in [6.45, 7) is 4.33. The molecule has 0 saturated heterocycles. The monoisotopic (exact) mass is 779 g/mol. The molecule has 0 radical (unpaired) electrons. The van der Waals surface area contributed by atoms with Crippen molar-refractivity contribution in [2.75, 3.05) is 40.9 Å². The number of amides is 1. The maximum Gasteiger partial charge on any atom is 0.268 e. The summed E-state index contributed by atoms with van der Waals surface area (Å²) >= 11 is 0. The fourth-order valence-electron chi connectivity index (χ4n) is 5.38. The Morgan fingerprint density at radius 2 is 1.30 bits per heavy atom. The van der Waals surface area contributed by atoms with Gasteiger partial charge in [0.15, 0.2) is 0 Å². The molecule has 54 heavy (non-hydrogen) atoms. The molecule has 0 heterocycles. The Balaban J connectivity index is 4.64. The van der Waals surface area contributed by atoms with Gasteiger partial charge in [0.05, 0.1) is 46.0 Å². The number of nitrogens with zero attached hydrogens (tertiary/aromatic N) is 1. The highest BCUT2D eigenvalue weighted by Crippen LogP contribution is 2.38. The van der Waals surface area contributed by atoms with Crippen LogP contribution in [-0.2, 0) is 18.4 Å². The summed E-state index contributed by atoms with van der Waals surface area (Å²) in [5.74, 6) is -0.273. The molecule has 0 bridgehead atoms. The summed E-state index contributed by atoms with van der Waals surface area (Å²) in [6, 6.07) is -0.931. The van der Waals surface area contributed by atoms with Crippen molar-refractivity contribution >= 4 is 13.7 Å². The minimum atomic E-state index is -4.61. The van der Waals surface area contributed by atoms with E-state index < -0.39 is 32.7 Å². The van der Waals surface area contributed by atoms with E-state index in [1.165, 1.54) is 64.2 Å². The van der Waals surface area contributed by atoms with Crippen LogP contribution in [0.25, 0.3) is 0 Å². The van der Waals surface area contributed by atoms with Crippen molar-refractivity contribution in [2.24, 2.45) is 0 Å². The fraction of sp³-hybridized carbons (Fsp3) is 0.705. The molecule has 2 unspecified atom stereocenters. The van der Waals surface area contributed by atoms with Crippen LogP contribution in [0.1, 0.15) is 142 Å². The van der Waals surface area contributed by atoms with Crippen molar-refractivity contribution in [3.05, 3.63) is 72.9 Å². The van der Waals surface area contributed by atoms with Gasteiger partial charge < -0.3 is 34.0 Å². The van der Waals surface area contributed by atoms with Gasteiger partial charge in [-0.1, -0.05) is 157 Å². The largest absolute Gasteiger partial charge is 0.756 e. The third kappa shape index (κ3) is 36.9. The van der Waals surface area contributed by atoms with Crippen LogP contribution < -0.4 is 10.2 Å². The summed E-state index contributed by atoms with van der Waals surface area (Å²) in [6.07, 6.45) is 42.9. The Labute approximate surface area is 330 Å². The van der Waals surface area contributed by atoms with Gasteiger partial charge in [-0.25, -0.2) is 0 Å². The number of likely N-dealkylation sites (N-methyl/N-ethyl adjacent to an activating group) is 1. The first-order valence-electron chi connectivity index (χ1n) is 20.9. The molecule has 9 nitrogen and oxygen atoms in total. The third-order valence-corrected chi connectivity index (χ3v) is 9.71. The standard InChI is InChI=1S/C44H79N2O7P/c1-6-8-10-11-12-13-14-15-16-20-23-26-29-32-36-43(48)42(40-53-54(50,51)52-39-38-46(3,4)5)45-44(49)37-33-30-27-24-21-18-17-19-22-25-28-31-35-41(47)34-9-7-2/h9,17-18,22,24-25,27-28,31-32,34,36,41-43,47-48H,6-8,10-16,19-21,23,26,29-30,33,35,37-40H2,1-5H3,(H-,45,49,50,51)/b18-17-,25-22-,27-24-,31-28+,34-9-,36-32+/t41?,42-,43+/m0/s1. The second-order valence-electron chi connectivity index (χ2n) is 15.2. The van der Waals surface area contributed by atoms with E-state index in [1.54, 1.807) is 6.08 Å². The summed E-state index contributed by atoms with van der Waals surface area (Å²) in [5.41, 5.74) is 0. The molecule has 0 saturated carbocycles. The second-order valence-corrected chi connectivity index (χ2v) is 16.6. The minimum absolute atomic E-state index is 0.0230. The van der Waals surface area contributed by atoms with Crippen molar-refractivity contribution in [3.8, 4) is 0 Å². The van der Waals surface area contributed by atoms with Gasteiger partial charge in [0.25, 0.3) is 7.82 Å². The Kier molecular flexibility index (Phi) is 33.9. The second kappa shape index (κ2) is 35.3. The summed E-state index contributed by atoms with van der Waals surface area (Å²) < 4.78 is 23.1. The highest BCUT2D eigenvalue weighted by atomic mass is 31.2. The van der Waals surface area contributed by atoms with Crippen molar-refractivity contribution in [3.63, 3.8) is 0 Å². The lowest BCUT2D eigenvalue weighted by atomic mass is 10.0. The lowest BCUT2D eigenvalue weighted by Crippen LogP contribution is -2.45. The molecule has 1 amide bonds. The van der Waals surface area contributed by atoms with Crippen LogP contribution in [0.15, 0.2) is 72.9 Å². The van der Waals surface area contributed by atoms with E-state index in [-0.39, 0.29) is 18.9 Å². The number of carbonyl (C=O) groups excluding carboxylic acids is 1. The van der Waals surface area contributed by atoms with E-state index in [0.717, 1.165) is 44.9 Å². The summed E-state index contributed by atoms with van der Waals surface area (Å²) in [4.78, 5) is 25.2. The highest BCUT2D eigenvalue weighted by Gasteiger charge is 2.23. The number of phosphoric ester groups is 1. The number of rotatable bonds is 36. The van der Waals surface area contributed by atoms with Crippen molar-refractivity contribution in [2.45, 2.75) is 161 Å². The maximum atomic E-state index is 12.8. The Morgan fingerprint density at radius 3 is 1.93 bits per heavy atom. The molecule has 0 aromatic rings. The van der Waals surface area contributed by atoms with Crippen LogP contribution in [0.2, 0.25) is 0 Å². The quantitative estimate of drug-likeness (QED) is 0.0190. The fourth-order valence-corrected chi connectivity index (χ4v) is 6.11. The number of quaternary nitrogens is 1. The molecule has 10 heteroatoms. The molecule has 312 valence electrons. The van der Waals surface area contributed by atoms with Gasteiger partial charge in [-0.05, 0) is 51.4 Å². The third-order valence-electron chi connectivity index (χ3n) is 8.75. The van der Waals surface area contributed by atoms with Gasteiger partial charge in [0, 0.05) is 6.42 Å². The number of hydrogen-bond donors (Lipinski definition) is 3. The first-order valence-corrected chi connectivity index (χ1v) is 22.4. The molecule has 0 aliphatic carbocycles. The van der Waals surface area contributed by atoms with E-state index in [4.69, 9.17) is 9.05 Å². The average Bonchev–Trinajstić information content (AvgIpc) is 3.11. The predicted molar refractivity (Wildman–Crippen MR) is 225 cm³/mol. The number of nitrogens with one attached hydrogen (secondary N) is 1. The molecule has 3 N–H and O–H groups in total. The van der Waals surface area contributed by atoms with Crippen LogP contribution in [-0.4, -0.2) is 79.8 Å². The molecule has 0 fully saturated rings. The minimum Gasteiger partial charge on any atom is -0.756 e. The zero-order chi connectivity index (χ0) is 40.2. The SMILES string of the molecule is CC/C=C\C(O)C/C=C/C=C\C/C=C\C/C=C\CCCC(=O)N[C@@H](COP(=O)([O-])OCC[N+](C)(C)C)[C@H](O)/C=C/CCCCCCCCCCCCCC. The number of hydrogen-bond acceptors (Lipinski definition) is 7. The molecule has 0 rings (SSSR count).